The second-order valence-corrected chi connectivity index (χ2v) is 5.05. The summed E-state index contributed by atoms with van der Waals surface area (Å²) in [6.45, 7) is 0. The number of carbonyl (C=O) groups is 1. The Morgan fingerprint density at radius 1 is 1.37 bits per heavy atom. The van der Waals surface area contributed by atoms with Crippen molar-refractivity contribution in [2.45, 2.75) is 31.7 Å². The van der Waals surface area contributed by atoms with Gasteiger partial charge in [0.15, 0.2) is 0 Å². The van der Waals surface area contributed by atoms with Crippen molar-refractivity contribution >= 4 is 16.9 Å². The average Bonchev–Trinajstić information content (AvgIpc) is 3.02. The lowest BCUT2D eigenvalue weighted by atomic mass is 10.1. The normalized spacial score (nSPS) is 16.1. The maximum atomic E-state index is 12.1. The smallest absolute Gasteiger partial charge is 0.326 e. The second-order valence-electron chi connectivity index (χ2n) is 5.05. The predicted octanol–water partition coefficient (Wildman–Crippen LogP) is 1.80. The molecule has 5 heteroatoms. The maximum Gasteiger partial charge on any atom is 0.326 e. The minimum atomic E-state index is -0.142. The standard InChI is InChI=1S/C14H17N3O2/c1-15-13(18)9-6-7-12-11(8-9)16-14(19)17(12)10-4-2-3-5-10/h6-8,10H,2-5H2,1H3,(H,15,18)(H,16,19). The molecule has 0 radical (unpaired) electrons. The van der Waals surface area contributed by atoms with Crippen molar-refractivity contribution in [1.82, 2.24) is 14.9 Å². The number of aromatic amines is 1. The summed E-state index contributed by atoms with van der Waals surface area (Å²) in [5.41, 5.74) is 2.12. The van der Waals surface area contributed by atoms with Gasteiger partial charge in [-0.15, -0.1) is 0 Å². The van der Waals surface area contributed by atoms with E-state index in [1.165, 1.54) is 12.8 Å². The first kappa shape index (κ1) is 12.0. The first-order valence-corrected chi connectivity index (χ1v) is 6.67. The van der Waals surface area contributed by atoms with Crippen LogP contribution in [0.5, 0.6) is 0 Å². The Labute approximate surface area is 110 Å². The van der Waals surface area contributed by atoms with Gasteiger partial charge in [0.05, 0.1) is 11.0 Å². The van der Waals surface area contributed by atoms with Gasteiger partial charge in [0.2, 0.25) is 0 Å². The molecule has 1 aromatic carbocycles. The number of imidazole rings is 1. The molecule has 0 unspecified atom stereocenters. The number of amides is 1. The molecule has 0 atom stereocenters. The molecule has 19 heavy (non-hydrogen) atoms. The molecule has 1 aliphatic carbocycles. The topological polar surface area (TPSA) is 66.9 Å². The Hall–Kier alpha value is -2.04. The van der Waals surface area contributed by atoms with E-state index in [4.69, 9.17) is 0 Å². The van der Waals surface area contributed by atoms with Gasteiger partial charge >= 0.3 is 5.69 Å². The van der Waals surface area contributed by atoms with Crippen LogP contribution in [0.3, 0.4) is 0 Å². The summed E-state index contributed by atoms with van der Waals surface area (Å²) >= 11 is 0. The molecule has 2 aromatic rings. The number of nitrogens with zero attached hydrogens (tertiary/aromatic N) is 1. The lowest BCUT2D eigenvalue weighted by Gasteiger charge is -2.11. The van der Waals surface area contributed by atoms with Crippen LogP contribution in [0.4, 0.5) is 0 Å². The van der Waals surface area contributed by atoms with Crippen molar-refractivity contribution in [3.63, 3.8) is 0 Å². The van der Waals surface area contributed by atoms with Crippen LogP contribution in [0, 0.1) is 0 Å². The SMILES string of the molecule is CNC(=O)c1ccc2c(c1)[nH]c(=O)n2C1CCCC1. The van der Waals surface area contributed by atoms with Crippen LogP contribution in [0.2, 0.25) is 0 Å². The van der Waals surface area contributed by atoms with Crippen LogP contribution in [0.25, 0.3) is 11.0 Å². The van der Waals surface area contributed by atoms with E-state index in [0.717, 1.165) is 23.9 Å². The number of rotatable bonds is 2. The van der Waals surface area contributed by atoms with Crippen LogP contribution >= 0.6 is 0 Å². The van der Waals surface area contributed by atoms with Gasteiger partial charge in [-0.3, -0.25) is 9.36 Å². The average molecular weight is 259 g/mol. The molecule has 2 N–H and O–H groups in total. The molecule has 100 valence electrons. The molecule has 3 rings (SSSR count). The zero-order valence-corrected chi connectivity index (χ0v) is 10.9. The third-order valence-electron chi connectivity index (χ3n) is 3.90. The zero-order valence-electron chi connectivity index (χ0n) is 10.9. The van der Waals surface area contributed by atoms with Gasteiger partial charge in [-0.1, -0.05) is 12.8 Å². The van der Waals surface area contributed by atoms with Crippen molar-refractivity contribution in [1.29, 1.82) is 0 Å². The summed E-state index contributed by atoms with van der Waals surface area (Å²) in [5.74, 6) is -0.142. The number of carbonyl (C=O) groups excluding carboxylic acids is 1. The zero-order chi connectivity index (χ0) is 13.4. The van der Waals surface area contributed by atoms with Gasteiger partial charge < -0.3 is 10.3 Å². The summed E-state index contributed by atoms with van der Waals surface area (Å²) in [4.78, 5) is 26.5. The summed E-state index contributed by atoms with van der Waals surface area (Å²) in [7, 11) is 1.60. The highest BCUT2D eigenvalue weighted by atomic mass is 16.2. The van der Waals surface area contributed by atoms with Crippen LogP contribution in [-0.4, -0.2) is 22.5 Å². The summed E-state index contributed by atoms with van der Waals surface area (Å²) in [6, 6.07) is 5.66. The van der Waals surface area contributed by atoms with Crippen molar-refractivity contribution in [3.05, 3.63) is 34.2 Å². The van der Waals surface area contributed by atoms with Gasteiger partial charge in [-0.25, -0.2) is 4.79 Å². The highest BCUT2D eigenvalue weighted by Gasteiger charge is 2.21. The largest absolute Gasteiger partial charge is 0.355 e. The molecule has 0 bridgehead atoms. The fourth-order valence-electron chi connectivity index (χ4n) is 2.94. The van der Waals surface area contributed by atoms with E-state index < -0.39 is 0 Å². The quantitative estimate of drug-likeness (QED) is 0.863. The Kier molecular flexibility index (Phi) is 2.89. The molecule has 0 saturated heterocycles. The number of benzene rings is 1. The third kappa shape index (κ3) is 1.95. The second kappa shape index (κ2) is 4.57. The Balaban J connectivity index is 2.12. The number of aromatic nitrogens is 2. The van der Waals surface area contributed by atoms with Gasteiger partial charge in [0.25, 0.3) is 5.91 Å². The Bertz CT molecular complexity index is 678. The van der Waals surface area contributed by atoms with Crippen molar-refractivity contribution in [2.24, 2.45) is 0 Å². The monoisotopic (exact) mass is 259 g/mol. The summed E-state index contributed by atoms with van der Waals surface area (Å²) in [5, 5.41) is 2.58. The first-order chi connectivity index (χ1) is 9.20. The summed E-state index contributed by atoms with van der Waals surface area (Å²) in [6.07, 6.45) is 4.48. The van der Waals surface area contributed by atoms with Crippen molar-refractivity contribution in [3.8, 4) is 0 Å². The highest BCUT2D eigenvalue weighted by Crippen LogP contribution is 2.30. The van der Waals surface area contributed by atoms with E-state index >= 15 is 0 Å². The number of nitrogens with one attached hydrogen (secondary N) is 2. The first-order valence-electron chi connectivity index (χ1n) is 6.67. The summed E-state index contributed by atoms with van der Waals surface area (Å²) < 4.78 is 1.84. The lowest BCUT2D eigenvalue weighted by molar-refractivity contribution is 0.0963. The number of hydrogen-bond acceptors (Lipinski definition) is 2. The van der Waals surface area contributed by atoms with Crippen molar-refractivity contribution < 1.29 is 4.79 Å². The van der Waals surface area contributed by atoms with E-state index in [-0.39, 0.29) is 11.6 Å². The molecule has 1 aliphatic rings. The van der Waals surface area contributed by atoms with Gasteiger partial charge in [-0.05, 0) is 31.0 Å². The highest BCUT2D eigenvalue weighted by molar-refractivity contribution is 5.97. The molecule has 0 spiro atoms. The van der Waals surface area contributed by atoms with Crippen LogP contribution in [-0.2, 0) is 0 Å². The predicted molar refractivity (Wildman–Crippen MR) is 73.5 cm³/mol. The van der Waals surface area contributed by atoms with Crippen LogP contribution in [0.1, 0.15) is 42.1 Å². The molecule has 1 heterocycles. The van der Waals surface area contributed by atoms with Crippen molar-refractivity contribution in [2.75, 3.05) is 7.05 Å². The molecular formula is C14H17N3O2. The fraction of sp³-hybridized carbons (Fsp3) is 0.429. The molecule has 5 nitrogen and oxygen atoms in total. The molecule has 1 saturated carbocycles. The Morgan fingerprint density at radius 2 is 2.11 bits per heavy atom. The van der Waals surface area contributed by atoms with Gasteiger partial charge in [-0.2, -0.15) is 0 Å². The van der Waals surface area contributed by atoms with Gasteiger partial charge in [0.1, 0.15) is 0 Å². The Morgan fingerprint density at radius 3 is 2.79 bits per heavy atom. The number of H-pyrrole nitrogens is 1. The van der Waals surface area contributed by atoms with E-state index in [2.05, 4.69) is 10.3 Å². The van der Waals surface area contributed by atoms with E-state index in [1.807, 2.05) is 10.6 Å². The minimum Gasteiger partial charge on any atom is -0.355 e. The van der Waals surface area contributed by atoms with Crippen LogP contribution in [0.15, 0.2) is 23.0 Å². The van der Waals surface area contributed by atoms with E-state index in [0.29, 0.717) is 11.6 Å². The maximum absolute atomic E-state index is 12.1. The molecule has 1 aromatic heterocycles. The molecule has 1 fully saturated rings. The number of hydrogen-bond donors (Lipinski definition) is 2. The minimum absolute atomic E-state index is 0.0732. The fourth-order valence-corrected chi connectivity index (χ4v) is 2.94. The molecule has 1 amide bonds. The van der Waals surface area contributed by atoms with E-state index in [1.54, 1.807) is 19.2 Å². The third-order valence-corrected chi connectivity index (χ3v) is 3.90. The van der Waals surface area contributed by atoms with Crippen LogP contribution < -0.4 is 11.0 Å². The lowest BCUT2D eigenvalue weighted by Crippen LogP contribution is -2.20. The molecule has 0 aliphatic heterocycles. The molecular weight excluding hydrogens is 242 g/mol. The van der Waals surface area contributed by atoms with E-state index in [9.17, 15) is 9.59 Å². The van der Waals surface area contributed by atoms with Gasteiger partial charge in [0, 0.05) is 18.7 Å². The number of fused-ring (bicyclic) bond motifs is 1.